The zero-order chi connectivity index (χ0) is 19.0. The van der Waals surface area contributed by atoms with Crippen LogP contribution in [0.15, 0.2) is 42.5 Å². The molecule has 2 saturated carbocycles. The Morgan fingerprint density at radius 1 is 1.19 bits per heavy atom. The molecule has 5 atom stereocenters. The monoisotopic (exact) mass is 366 g/mol. The van der Waals surface area contributed by atoms with Crippen LogP contribution in [0.3, 0.4) is 0 Å². The van der Waals surface area contributed by atoms with Crippen molar-refractivity contribution in [3.63, 3.8) is 0 Å². The topological polar surface area (TPSA) is 46.5 Å². The lowest BCUT2D eigenvalue weighted by Gasteiger charge is -2.45. The van der Waals surface area contributed by atoms with Crippen molar-refractivity contribution in [2.75, 3.05) is 6.61 Å². The van der Waals surface area contributed by atoms with E-state index in [0.717, 1.165) is 36.5 Å². The zero-order valence-electron chi connectivity index (χ0n) is 16.4. The lowest BCUT2D eigenvalue weighted by molar-refractivity contribution is -0.0346. The summed E-state index contributed by atoms with van der Waals surface area (Å²) in [5, 5.41) is 12.4. The minimum absolute atomic E-state index is 0.154. The number of ether oxygens (including phenoxy) is 1. The average Bonchev–Trinajstić information content (AvgIpc) is 3.04. The summed E-state index contributed by atoms with van der Waals surface area (Å²) in [5.41, 5.74) is 0.826. The van der Waals surface area contributed by atoms with Gasteiger partial charge in [-0.05, 0) is 65.7 Å². The highest BCUT2D eigenvalue weighted by Gasteiger charge is 2.52. The molecule has 2 aromatic carbocycles. The highest BCUT2D eigenvalue weighted by atomic mass is 16.5. The molecule has 27 heavy (non-hydrogen) atoms. The van der Waals surface area contributed by atoms with Crippen LogP contribution in [-0.2, 0) is 4.74 Å². The van der Waals surface area contributed by atoms with Crippen LogP contribution in [0.4, 0.5) is 0 Å². The second-order valence-corrected chi connectivity index (χ2v) is 8.86. The van der Waals surface area contributed by atoms with Crippen molar-refractivity contribution in [1.29, 1.82) is 0 Å². The Bertz CT molecular complexity index is 824. The van der Waals surface area contributed by atoms with Crippen LogP contribution in [0.2, 0.25) is 0 Å². The van der Waals surface area contributed by atoms with Crippen LogP contribution >= 0.6 is 0 Å². The molecule has 2 fully saturated rings. The first-order chi connectivity index (χ1) is 13.0. The molecular formula is C24H30O3. The van der Waals surface area contributed by atoms with E-state index in [1.165, 1.54) is 6.42 Å². The van der Waals surface area contributed by atoms with Crippen LogP contribution in [0, 0.1) is 23.2 Å². The first-order valence-corrected chi connectivity index (χ1v) is 10.3. The fourth-order valence-corrected chi connectivity index (χ4v) is 5.93. The van der Waals surface area contributed by atoms with Crippen molar-refractivity contribution in [1.82, 2.24) is 0 Å². The van der Waals surface area contributed by atoms with Gasteiger partial charge in [-0.3, -0.25) is 0 Å². The molecule has 0 spiro atoms. The molecule has 1 N–H and O–H groups in total. The maximum atomic E-state index is 12.7. The predicted molar refractivity (Wildman–Crippen MR) is 108 cm³/mol. The summed E-state index contributed by atoms with van der Waals surface area (Å²) in [6.45, 7) is 5.00. The number of carbonyl (C=O) groups is 1. The molecule has 0 aromatic heterocycles. The van der Waals surface area contributed by atoms with Crippen LogP contribution in [0.25, 0.3) is 10.8 Å². The van der Waals surface area contributed by atoms with Gasteiger partial charge in [-0.2, -0.15) is 0 Å². The number of fused-ring (bicyclic) bond motifs is 2. The third kappa shape index (κ3) is 3.27. The third-order valence-corrected chi connectivity index (χ3v) is 7.34. The average molecular weight is 367 g/mol. The molecule has 0 unspecified atom stereocenters. The Morgan fingerprint density at radius 2 is 1.96 bits per heavy atom. The van der Waals surface area contributed by atoms with E-state index in [1.54, 1.807) is 0 Å². The van der Waals surface area contributed by atoms with Crippen molar-refractivity contribution in [2.24, 2.45) is 23.2 Å². The first-order valence-electron chi connectivity index (χ1n) is 10.3. The highest BCUT2D eigenvalue weighted by molar-refractivity contribution is 6.04. The Hall–Kier alpha value is -1.87. The molecule has 0 bridgehead atoms. The SMILES string of the molecule is C[C@H](COC(=O)c1cccc2ccccc12)[C@H]1CC[C@H]2[C@@H](O)CCC[C@]12C. The number of rotatable bonds is 4. The van der Waals surface area contributed by atoms with E-state index >= 15 is 0 Å². The second kappa shape index (κ2) is 7.27. The zero-order valence-corrected chi connectivity index (χ0v) is 16.4. The number of hydrogen-bond acceptors (Lipinski definition) is 3. The summed E-state index contributed by atoms with van der Waals surface area (Å²) in [7, 11) is 0. The van der Waals surface area contributed by atoms with Gasteiger partial charge in [0.1, 0.15) is 0 Å². The van der Waals surface area contributed by atoms with Gasteiger partial charge in [0.05, 0.1) is 18.3 Å². The standard InChI is InChI=1S/C24H30O3/c1-16(20-12-13-21-22(25)11-6-14-24(20,21)2)15-27-23(26)19-10-5-8-17-7-3-4-9-18(17)19/h3-5,7-10,16,20-22,25H,6,11-15H2,1-2H3/t16-,20-,21+,22+,24-/m1/s1. The van der Waals surface area contributed by atoms with Gasteiger partial charge in [0, 0.05) is 0 Å². The summed E-state index contributed by atoms with van der Waals surface area (Å²) in [5.74, 6) is 0.997. The summed E-state index contributed by atoms with van der Waals surface area (Å²) in [4.78, 5) is 12.7. The molecule has 0 amide bonds. The summed E-state index contributed by atoms with van der Waals surface area (Å²) >= 11 is 0. The number of carbonyl (C=O) groups excluding carboxylic acids is 1. The van der Waals surface area contributed by atoms with Gasteiger partial charge in [-0.15, -0.1) is 0 Å². The molecule has 0 saturated heterocycles. The molecule has 0 radical (unpaired) electrons. The summed E-state index contributed by atoms with van der Waals surface area (Å²) < 4.78 is 5.76. The number of esters is 1. The molecule has 0 heterocycles. The Balaban J connectivity index is 1.45. The van der Waals surface area contributed by atoms with E-state index in [0.29, 0.717) is 29.9 Å². The van der Waals surface area contributed by atoms with Crippen LogP contribution in [0.1, 0.15) is 56.3 Å². The van der Waals surface area contributed by atoms with Crippen LogP contribution in [-0.4, -0.2) is 23.8 Å². The Morgan fingerprint density at radius 3 is 2.81 bits per heavy atom. The van der Waals surface area contributed by atoms with Gasteiger partial charge < -0.3 is 9.84 Å². The molecule has 3 heteroatoms. The summed E-state index contributed by atoms with van der Waals surface area (Å²) in [6.07, 6.45) is 5.31. The lowest BCUT2D eigenvalue weighted by atomic mass is 9.62. The summed E-state index contributed by atoms with van der Waals surface area (Å²) in [6, 6.07) is 13.7. The largest absolute Gasteiger partial charge is 0.462 e. The maximum absolute atomic E-state index is 12.7. The molecule has 0 aliphatic heterocycles. The molecule has 2 aromatic rings. The quantitative estimate of drug-likeness (QED) is 0.756. The Labute approximate surface area is 161 Å². The van der Waals surface area contributed by atoms with E-state index in [4.69, 9.17) is 4.74 Å². The van der Waals surface area contributed by atoms with E-state index in [-0.39, 0.29) is 17.5 Å². The van der Waals surface area contributed by atoms with Gasteiger partial charge in [0.15, 0.2) is 0 Å². The molecular weight excluding hydrogens is 336 g/mol. The fourth-order valence-electron chi connectivity index (χ4n) is 5.93. The van der Waals surface area contributed by atoms with Crippen molar-refractivity contribution >= 4 is 16.7 Å². The van der Waals surface area contributed by atoms with Crippen LogP contribution < -0.4 is 0 Å². The van der Waals surface area contributed by atoms with Crippen LogP contribution in [0.5, 0.6) is 0 Å². The van der Waals surface area contributed by atoms with Gasteiger partial charge >= 0.3 is 5.97 Å². The minimum Gasteiger partial charge on any atom is -0.462 e. The number of benzene rings is 2. The van der Waals surface area contributed by atoms with E-state index < -0.39 is 0 Å². The van der Waals surface area contributed by atoms with E-state index in [9.17, 15) is 9.90 Å². The van der Waals surface area contributed by atoms with Gasteiger partial charge in [-0.1, -0.05) is 56.7 Å². The Kier molecular flexibility index (Phi) is 4.98. The molecule has 3 nitrogen and oxygen atoms in total. The van der Waals surface area contributed by atoms with Gasteiger partial charge in [0.2, 0.25) is 0 Å². The van der Waals surface area contributed by atoms with E-state index in [2.05, 4.69) is 13.8 Å². The maximum Gasteiger partial charge on any atom is 0.338 e. The number of aliphatic hydroxyl groups excluding tert-OH is 1. The molecule has 4 rings (SSSR count). The van der Waals surface area contributed by atoms with Gasteiger partial charge in [0.25, 0.3) is 0 Å². The molecule has 2 aliphatic rings. The third-order valence-electron chi connectivity index (χ3n) is 7.34. The number of aliphatic hydroxyl groups is 1. The lowest BCUT2D eigenvalue weighted by Crippen LogP contribution is -2.42. The minimum atomic E-state index is -0.234. The fraction of sp³-hybridized carbons (Fsp3) is 0.542. The first kappa shape index (κ1) is 18.5. The molecule has 2 aliphatic carbocycles. The highest BCUT2D eigenvalue weighted by Crippen LogP contribution is 2.57. The smallest absolute Gasteiger partial charge is 0.338 e. The van der Waals surface area contributed by atoms with Crippen molar-refractivity contribution in [2.45, 2.75) is 52.1 Å². The van der Waals surface area contributed by atoms with E-state index in [1.807, 2.05) is 42.5 Å². The normalized spacial score (nSPS) is 31.4. The van der Waals surface area contributed by atoms with Crippen molar-refractivity contribution in [3.8, 4) is 0 Å². The van der Waals surface area contributed by atoms with Gasteiger partial charge in [-0.25, -0.2) is 4.79 Å². The predicted octanol–water partition coefficient (Wildman–Crippen LogP) is 5.21. The van der Waals surface area contributed by atoms with Crippen molar-refractivity contribution in [3.05, 3.63) is 48.0 Å². The number of hydrogen-bond donors (Lipinski definition) is 1. The molecule has 144 valence electrons. The second-order valence-electron chi connectivity index (χ2n) is 8.86. The van der Waals surface area contributed by atoms with Crippen molar-refractivity contribution < 1.29 is 14.6 Å².